The number of benzene rings is 1. The molecule has 0 fully saturated rings. The summed E-state index contributed by atoms with van der Waals surface area (Å²) in [4.78, 5) is 18.6. The zero-order valence-electron chi connectivity index (χ0n) is 13.9. The van der Waals surface area contributed by atoms with E-state index in [0.29, 0.717) is 28.5 Å². The SMILES string of the molecule is Cc1cc(C(=O)Nc2ccc(Cl)cc2)c2cnn(Cc3cccs3)c2n1. The van der Waals surface area contributed by atoms with Crippen molar-refractivity contribution in [2.75, 3.05) is 5.32 Å². The average molecular weight is 383 g/mol. The van der Waals surface area contributed by atoms with Crippen LogP contribution in [0.1, 0.15) is 20.9 Å². The molecule has 3 heterocycles. The van der Waals surface area contributed by atoms with Gasteiger partial charge in [0.1, 0.15) is 0 Å². The third-order valence-corrected chi connectivity index (χ3v) is 5.08. The van der Waals surface area contributed by atoms with Gasteiger partial charge in [0.15, 0.2) is 5.65 Å². The summed E-state index contributed by atoms with van der Waals surface area (Å²) in [7, 11) is 0. The number of aromatic nitrogens is 3. The molecule has 0 radical (unpaired) electrons. The van der Waals surface area contributed by atoms with E-state index in [2.05, 4.69) is 21.5 Å². The van der Waals surface area contributed by atoms with E-state index in [0.717, 1.165) is 11.1 Å². The number of pyridine rings is 1. The van der Waals surface area contributed by atoms with Crippen LogP contribution in [0.3, 0.4) is 0 Å². The largest absolute Gasteiger partial charge is 0.322 e. The number of nitrogens with one attached hydrogen (secondary N) is 1. The normalized spacial score (nSPS) is 11.0. The summed E-state index contributed by atoms with van der Waals surface area (Å²) < 4.78 is 1.83. The van der Waals surface area contributed by atoms with Crippen LogP contribution in [-0.2, 0) is 6.54 Å². The first-order valence-corrected chi connectivity index (χ1v) is 9.28. The Hall–Kier alpha value is -2.70. The van der Waals surface area contributed by atoms with Crippen LogP contribution in [0, 0.1) is 6.92 Å². The molecule has 1 aromatic carbocycles. The molecule has 1 N–H and O–H groups in total. The van der Waals surface area contributed by atoms with E-state index in [4.69, 9.17) is 11.6 Å². The second kappa shape index (κ2) is 6.90. The van der Waals surface area contributed by atoms with Gasteiger partial charge in [0.05, 0.1) is 23.7 Å². The minimum absolute atomic E-state index is 0.196. The van der Waals surface area contributed by atoms with Crippen LogP contribution < -0.4 is 5.32 Å². The fraction of sp³-hybridized carbons (Fsp3) is 0.105. The highest BCUT2D eigenvalue weighted by molar-refractivity contribution is 7.09. The number of halogens is 1. The van der Waals surface area contributed by atoms with Crippen LogP contribution in [0.2, 0.25) is 5.02 Å². The molecule has 0 aliphatic rings. The van der Waals surface area contributed by atoms with Crippen molar-refractivity contribution in [3.05, 3.63) is 75.2 Å². The number of carbonyl (C=O) groups is 1. The van der Waals surface area contributed by atoms with Crippen molar-refractivity contribution in [3.63, 3.8) is 0 Å². The highest BCUT2D eigenvalue weighted by atomic mass is 35.5. The third kappa shape index (κ3) is 3.34. The van der Waals surface area contributed by atoms with Crippen molar-refractivity contribution in [3.8, 4) is 0 Å². The minimum Gasteiger partial charge on any atom is -0.322 e. The van der Waals surface area contributed by atoms with Gasteiger partial charge in [-0.1, -0.05) is 17.7 Å². The number of fused-ring (bicyclic) bond motifs is 1. The summed E-state index contributed by atoms with van der Waals surface area (Å²) >= 11 is 7.56. The highest BCUT2D eigenvalue weighted by Crippen LogP contribution is 2.22. The zero-order chi connectivity index (χ0) is 18.1. The van der Waals surface area contributed by atoms with Crippen LogP contribution >= 0.6 is 22.9 Å². The number of nitrogens with zero attached hydrogens (tertiary/aromatic N) is 3. The molecule has 0 spiro atoms. The van der Waals surface area contributed by atoms with Crippen LogP contribution in [0.5, 0.6) is 0 Å². The summed E-state index contributed by atoms with van der Waals surface area (Å²) in [6.07, 6.45) is 1.70. The lowest BCUT2D eigenvalue weighted by atomic mass is 10.1. The molecule has 4 aromatic rings. The average Bonchev–Trinajstić information content (AvgIpc) is 3.27. The summed E-state index contributed by atoms with van der Waals surface area (Å²) in [5.74, 6) is -0.196. The van der Waals surface area contributed by atoms with Gasteiger partial charge in [-0.2, -0.15) is 5.10 Å². The predicted octanol–water partition coefficient (Wildman–Crippen LogP) is 4.76. The van der Waals surface area contributed by atoms with Gasteiger partial charge in [-0.05, 0) is 48.7 Å². The Morgan fingerprint density at radius 2 is 2.08 bits per heavy atom. The van der Waals surface area contributed by atoms with Crippen molar-refractivity contribution in [1.29, 1.82) is 0 Å². The van der Waals surface area contributed by atoms with Gasteiger partial charge in [0, 0.05) is 21.3 Å². The Bertz CT molecular complexity index is 1070. The van der Waals surface area contributed by atoms with E-state index in [-0.39, 0.29) is 5.91 Å². The number of amides is 1. The number of hydrogen-bond acceptors (Lipinski definition) is 4. The van der Waals surface area contributed by atoms with E-state index in [1.54, 1.807) is 47.9 Å². The molecule has 1 amide bonds. The Kier molecular flexibility index (Phi) is 4.44. The van der Waals surface area contributed by atoms with Gasteiger partial charge in [0.25, 0.3) is 5.91 Å². The Labute approximate surface area is 159 Å². The summed E-state index contributed by atoms with van der Waals surface area (Å²) in [5.41, 5.74) is 2.72. The van der Waals surface area contributed by atoms with Crippen LogP contribution in [-0.4, -0.2) is 20.7 Å². The second-order valence-electron chi connectivity index (χ2n) is 5.89. The number of aryl methyl sites for hydroxylation is 1. The molecule has 4 rings (SSSR count). The molecule has 5 nitrogen and oxygen atoms in total. The molecule has 26 heavy (non-hydrogen) atoms. The monoisotopic (exact) mass is 382 g/mol. The Morgan fingerprint density at radius 3 is 2.81 bits per heavy atom. The molecule has 7 heteroatoms. The molecule has 0 bridgehead atoms. The zero-order valence-corrected chi connectivity index (χ0v) is 15.5. The fourth-order valence-electron chi connectivity index (χ4n) is 2.76. The predicted molar refractivity (Wildman–Crippen MR) is 105 cm³/mol. The molecule has 0 saturated heterocycles. The van der Waals surface area contributed by atoms with Crippen molar-refractivity contribution < 1.29 is 4.79 Å². The molecular formula is C19H15ClN4OS. The molecule has 0 saturated carbocycles. The summed E-state index contributed by atoms with van der Waals surface area (Å²) in [5, 5.41) is 10.7. The summed E-state index contributed by atoms with van der Waals surface area (Å²) in [6.45, 7) is 2.51. The fourth-order valence-corrected chi connectivity index (χ4v) is 3.57. The maximum atomic E-state index is 12.8. The lowest BCUT2D eigenvalue weighted by Gasteiger charge is -2.08. The molecule has 0 atom stereocenters. The first kappa shape index (κ1) is 16.8. The number of carbonyl (C=O) groups excluding carboxylic acids is 1. The van der Waals surface area contributed by atoms with Gasteiger partial charge in [-0.15, -0.1) is 11.3 Å². The molecule has 0 aliphatic carbocycles. The Morgan fingerprint density at radius 1 is 1.27 bits per heavy atom. The van der Waals surface area contributed by atoms with Crippen molar-refractivity contribution >= 4 is 45.6 Å². The van der Waals surface area contributed by atoms with Crippen LogP contribution in [0.15, 0.2) is 54.0 Å². The van der Waals surface area contributed by atoms with Gasteiger partial charge in [-0.25, -0.2) is 9.67 Å². The van der Waals surface area contributed by atoms with Crippen molar-refractivity contribution in [2.45, 2.75) is 13.5 Å². The standard InChI is InChI=1S/C19H15ClN4OS/c1-12-9-16(19(25)23-14-6-4-13(20)5-7-14)17-10-21-24(18(17)22-12)11-15-3-2-8-26-15/h2-10H,11H2,1H3,(H,23,25). The molecule has 3 aromatic heterocycles. The second-order valence-corrected chi connectivity index (χ2v) is 7.36. The number of anilines is 1. The lowest BCUT2D eigenvalue weighted by molar-refractivity contribution is 0.102. The topological polar surface area (TPSA) is 59.8 Å². The minimum atomic E-state index is -0.196. The van der Waals surface area contributed by atoms with Crippen LogP contribution in [0.4, 0.5) is 5.69 Å². The van der Waals surface area contributed by atoms with Crippen molar-refractivity contribution in [2.24, 2.45) is 0 Å². The van der Waals surface area contributed by atoms with Crippen molar-refractivity contribution in [1.82, 2.24) is 14.8 Å². The molecule has 0 unspecified atom stereocenters. The first-order chi connectivity index (χ1) is 12.6. The quantitative estimate of drug-likeness (QED) is 0.553. The van der Waals surface area contributed by atoms with E-state index < -0.39 is 0 Å². The van der Waals surface area contributed by atoms with Gasteiger partial charge < -0.3 is 5.32 Å². The number of hydrogen-bond donors (Lipinski definition) is 1. The highest BCUT2D eigenvalue weighted by Gasteiger charge is 2.16. The Balaban J connectivity index is 1.69. The third-order valence-electron chi connectivity index (χ3n) is 3.97. The van der Waals surface area contributed by atoms with Gasteiger partial charge in [0.2, 0.25) is 0 Å². The van der Waals surface area contributed by atoms with E-state index >= 15 is 0 Å². The van der Waals surface area contributed by atoms with E-state index in [1.165, 1.54) is 4.88 Å². The molecule has 130 valence electrons. The van der Waals surface area contributed by atoms with Gasteiger partial charge >= 0.3 is 0 Å². The number of rotatable bonds is 4. The molecular weight excluding hydrogens is 368 g/mol. The smallest absolute Gasteiger partial charge is 0.256 e. The van der Waals surface area contributed by atoms with E-state index in [1.807, 2.05) is 23.1 Å². The summed E-state index contributed by atoms with van der Waals surface area (Å²) in [6, 6.07) is 12.9. The van der Waals surface area contributed by atoms with E-state index in [9.17, 15) is 4.79 Å². The van der Waals surface area contributed by atoms with Gasteiger partial charge in [-0.3, -0.25) is 4.79 Å². The maximum Gasteiger partial charge on any atom is 0.256 e. The first-order valence-electron chi connectivity index (χ1n) is 8.02. The lowest BCUT2D eigenvalue weighted by Crippen LogP contribution is -2.13. The van der Waals surface area contributed by atoms with Crippen LogP contribution in [0.25, 0.3) is 11.0 Å². The number of thiophene rings is 1. The maximum absolute atomic E-state index is 12.8. The molecule has 0 aliphatic heterocycles.